The van der Waals surface area contributed by atoms with E-state index in [0.29, 0.717) is 6.42 Å². The van der Waals surface area contributed by atoms with E-state index < -0.39 is 0 Å². The Hall–Kier alpha value is -1.39. The first-order valence-corrected chi connectivity index (χ1v) is 8.52. The lowest BCUT2D eigenvalue weighted by Gasteiger charge is -2.42. The van der Waals surface area contributed by atoms with Crippen LogP contribution >= 0.6 is 0 Å². The molecule has 4 heteroatoms. The molecule has 3 aliphatic rings. The quantitative estimate of drug-likeness (QED) is 0.853. The van der Waals surface area contributed by atoms with Crippen LogP contribution in [0.3, 0.4) is 0 Å². The minimum atomic E-state index is -0.290. The van der Waals surface area contributed by atoms with Gasteiger partial charge in [0.15, 0.2) is 5.72 Å². The zero-order valence-corrected chi connectivity index (χ0v) is 13.0. The molecule has 3 aliphatic heterocycles. The molecule has 0 saturated carbocycles. The van der Waals surface area contributed by atoms with Gasteiger partial charge in [-0.05, 0) is 31.4 Å². The summed E-state index contributed by atoms with van der Waals surface area (Å²) in [6, 6.07) is 10.9. The Kier molecular flexibility index (Phi) is 3.66. The van der Waals surface area contributed by atoms with Gasteiger partial charge in [-0.1, -0.05) is 30.3 Å². The molecule has 1 aromatic carbocycles. The minimum absolute atomic E-state index is 0.274. The molecule has 0 bridgehead atoms. The van der Waals surface area contributed by atoms with Crippen molar-refractivity contribution in [1.82, 2.24) is 9.80 Å². The average Bonchev–Trinajstić information content (AvgIpc) is 3.02. The topological polar surface area (TPSA) is 32.8 Å². The molecule has 1 spiro atoms. The Labute approximate surface area is 132 Å². The van der Waals surface area contributed by atoms with Crippen molar-refractivity contribution in [2.75, 3.05) is 26.2 Å². The van der Waals surface area contributed by atoms with E-state index >= 15 is 0 Å². The van der Waals surface area contributed by atoms with Crippen LogP contribution in [0.1, 0.15) is 31.2 Å². The summed E-state index contributed by atoms with van der Waals surface area (Å²) < 4.78 is 6.14. The molecule has 4 rings (SSSR count). The van der Waals surface area contributed by atoms with E-state index in [1.165, 1.54) is 5.56 Å². The second kappa shape index (κ2) is 5.67. The molecule has 22 heavy (non-hydrogen) atoms. The number of likely N-dealkylation sites (tertiary alicyclic amines) is 1. The molecule has 3 fully saturated rings. The molecule has 118 valence electrons. The number of hydrogen-bond donors (Lipinski definition) is 0. The molecule has 3 saturated heterocycles. The molecule has 0 N–H and O–H groups in total. The minimum Gasteiger partial charge on any atom is -0.354 e. The molecular weight excluding hydrogens is 276 g/mol. The monoisotopic (exact) mass is 300 g/mol. The lowest BCUT2D eigenvalue weighted by Crippen LogP contribution is -2.56. The van der Waals surface area contributed by atoms with Crippen LogP contribution in [0.5, 0.6) is 0 Å². The highest BCUT2D eigenvalue weighted by Gasteiger charge is 2.60. The van der Waals surface area contributed by atoms with Gasteiger partial charge in [-0.25, -0.2) is 0 Å². The van der Waals surface area contributed by atoms with Crippen LogP contribution in [0, 0.1) is 0 Å². The first kappa shape index (κ1) is 14.2. The zero-order valence-electron chi connectivity index (χ0n) is 13.0. The van der Waals surface area contributed by atoms with Gasteiger partial charge < -0.3 is 9.64 Å². The van der Waals surface area contributed by atoms with Crippen molar-refractivity contribution >= 4 is 5.91 Å². The highest BCUT2D eigenvalue weighted by Crippen LogP contribution is 2.44. The number of nitrogens with zero attached hydrogens (tertiary/aromatic N) is 2. The molecule has 3 heterocycles. The number of aryl methyl sites for hydroxylation is 1. The Morgan fingerprint density at radius 1 is 1.23 bits per heavy atom. The van der Waals surface area contributed by atoms with Crippen LogP contribution < -0.4 is 0 Å². The van der Waals surface area contributed by atoms with Crippen molar-refractivity contribution in [3.05, 3.63) is 35.9 Å². The molecule has 0 unspecified atom stereocenters. The van der Waals surface area contributed by atoms with E-state index in [0.717, 1.165) is 51.9 Å². The van der Waals surface area contributed by atoms with Crippen molar-refractivity contribution in [3.63, 3.8) is 0 Å². The third-order valence-electron chi connectivity index (χ3n) is 5.48. The highest BCUT2D eigenvalue weighted by atomic mass is 16.5. The first-order valence-electron chi connectivity index (χ1n) is 8.52. The number of carbonyl (C=O) groups is 1. The first-order chi connectivity index (χ1) is 10.8. The predicted octanol–water partition coefficient (Wildman–Crippen LogP) is 2.04. The summed E-state index contributed by atoms with van der Waals surface area (Å²) in [4.78, 5) is 16.8. The molecular formula is C18H24N2O2. The summed E-state index contributed by atoms with van der Waals surface area (Å²) in [6.07, 6.45) is 4.86. The van der Waals surface area contributed by atoms with Crippen LogP contribution in [-0.4, -0.2) is 53.7 Å². The number of ether oxygens (including phenoxy) is 1. The molecule has 1 amide bonds. The Balaban J connectivity index is 1.39. The molecule has 1 aromatic rings. The third kappa shape index (κ3) is 2.25. The maximum Gasteiger partial charge on any atom is 0.226 e. The summed E-state index contributed by atoms with van der Waals surface area (Å²) in [5.41, 5.74) is 1.11. The zero-order chi connectivity index (χ0) is 15.0. The van der Waals surface area contributed by atoms with Crippen molar-refractivity contribution in [2.45, 2.75) is 43.9 Å². The maximum absolute atomic E-state index is 12.3. The van der Waals surface area contributed by atoms with Gasteiger partial charge in [0.1, 0.15) is 0 Å². The summed E-state index contributed by atoms with van der Waals surface area (Å²) in [5, 5.41) is 0. The molecule has 0 aromatic heterocycles. The number of benzene rings is 1. The molecule has 4 nitrogen and oxygen atoms in total. The SMILES string of the molecule is O=C1C[C@H]2N(CCCc3ccccc3)CC[C@]23OCCCN13. The molecule has 2 atom stereocenters. The van der Waals surface area contributed by atoms with Crippen molar-refractivity contribution in [1.29, 1.82) is 0 Å². The predicted molar refractivity (Wildman–Crippen MR) is 84.4 cm³/mol. The Morgan fingerprint density at radius 2 is 2.09 bits per heavy atom. The number of carbonyl (C=O) groups excluding carboxylic acids is 1. The fourth-order valence-electron chi connectivity index (χ4n) is 4.43. The van der Waals surface area contributed by atoms with Gasteiger partial charge in [0.05, 0.1) is 12.6 Å². The summed E-state index contributed by atoms with van der Waals surface area (Å²) in [7, 11) is 0. The summed E-state index contributed by atoms with van der Waals surface area (Å²) in [6.45, 7) is 3.81. The van der Waals surface area contributed by atoms with Gasteiger partial charge in [-0.2, -0.15) is 0 Å². The van der Waals surface area contributed by atoms with Gasteiger partial charge in [-0.3, -0.25) is 9.69 Å². The van der Waals surface area contributed by atoms with Crippen LogP contribution in [0.15, 0.2) is 30.3 Å². The van der Waals surface area contributed by atoms with Crippen LogP contribution in [0.2, 0.25) is 0 Å². The van der Waals surface area contributed by atoms with E-state index in [4.69, 9.17) is 4.74 Å². The highest BCUT2D eigenvalue weighted by molar-refractivity contribution is 5.81. The van der Waals surface area contributed by atoms with Crippen LogP contribution in [-0.2, 0) is 16.0 Å². The van der Waals surface area contributed by atoms with Crippen LogP contribution in [0.25, 0.3) is 0 Å². The van der Waals surface area contributed by atoms with E-state index in [1.807, 2.05) is 4.90 Å². The van der Waals surface area contributed by atoms with Crippen molar-refractivity contribution < 1.29 is 9.53 Å². The van der Waals surface area contributed by atoms with Gasteiger partial charge in [-0.15, -0.1) is 0 Å². The van der Waals surface area contributed by atoms with Gasteiger partial charge in [0, 0.05) is 25.9 Å². The van der Waals surface area contributed by atoms with Crippen LogP contribution in [0.4, 0.5) is 0 Å². The smallest absolute Gasteiger partial charge is 0.226 e. The maximum atomic E-state index is 12.3. The largest absolute Gasteiger partial charge is 0.354 e. The number of amides is 1. The molecule has 0 radical (unpaired) electrons. The second-order valence-electron chi connectivity index (χ2n) is 6.69. The second-order valence-corrected chi connectivity index (χ2v) is 6.69. The fraction of sp³-hybridized carbons (Fsp3) is 0.611. The third-order valence-corrected chi connectivity index (χ3v) is 5.48. The number of rotatable bonds is 4. The Bertz CT molecular complexity index is 547. The van der Waals surface area contributed by atoms with E-state index in [1.54, 1.807) is 0 Å². The standard InChI is InChI=1S/C18H24N2O2/c21-17-14-16-18(20(17)11-5-13-22-18)9-12-19(16)10-4-8-15-6-2-1-3-7-15/h1-3,6-7,16H,4-5,8-14H2/t16-,18+/m1/s1. The lowest BCUT2D eigenvalue weighted by atomic mass is 10.0. The van der Waals surface area contributed by atoms with Gasteiger partial charge in [0.2, 0.25) is 5.91 Å². The normalized spacial score (nSPS) is 31.4. The van der Waals surface area contributed by atoms with Gasteiger partial charge in [0.25, 0.3) is 0 Å². The van der Waals surface area contributed by atoms with E-state index in [2.05, 4.69) is 35.2 Å². The van der Waals surface area contributed by atoms with E-state index in [-0.39, 0.29) is 17.7 Å². The van der Waals surface area contributed by atoms with Crippen molar-refractivity contribution in [2.24, 2.45) is 0 Å². The Morgan fingerprint density at radius 3 is 2.95 bits per heavy atom. The fourth-order valence-corrected chi connectivity index (χ4v) is 4.43. The average molecular weight is 300 g/mol. The number of hydrogen-bond acceptors (Lipinski definition) is 3. The summed E-state index contributed by atoms with van der Waals surface area (Å²) >= 11 is 0. The van der Waals surface area contributed by atoms with E-state index in [9.17, 15) is 4.79 Å². The molecule has 0 aliphatic carbocycles. The van der Waals surface area contributed by atoms with Gasteiger partial charge >= 0.3 is 0 Å². The summed E-state index contributed by atoms with van der Waals surface area (Å²) in [5.74, 6) is 0.289. The lowest BCUT2D eigenvalue weighted by molar-refractivity contribution is -0.180. The van der Waals surface area contributed by atoms with Crippen molar-refractivity contribution in [3.8, 4) is 0 Å².